The van der Waals surface area contributed by atoms with Gasteiger partial charge in [-0.25, -0.2) is 5.48 Å². The lowest BCUT2D eigenvalue weighted by Gasteiger charge is -2.25. The van der Waals surface area contributed by atoms with Crippen molar-refractivity contribution in [1.29, 1.82) is 0 Å². The molecule has 0 aromatic rings. The van der Waals surface area contributed by atoms with Gasteiger partial charge in [0.05, 0.1) is 12.5 Å². The molecular weight excluding hydrogens is 168 g/mol. The zero-order valence-corrected chi connectivity index (χ0v) is 7.24. The van der Waals surface area contributed by atoms with Gasteiger partial charge in [-0.3, -0.25) is 9.63 Å². The van der Waals surface area contributed by atoms with Crippen LogP contribution in [-0.4, -0.2) is 25.6 Å². The van der Waals surface area contributed by atoms with Gasteiger partial charge < -0.3 is 5.32 Å². The number of halogens is 1. The highest BCUT2D eigenvalue weighted by Gasteiger charge is 2.24. The summed E-state index contributed by atoms with van der Waals surface area (Å²) >= 11 is 0. The van der Waals surface area contributed by atoms with Crippen molar-refractivity contribution in [2.75, 3.05) is 19.7 Å². The molecule has 5 heteroatoms. The monoisotopic (exact) mass is 180 g/mol. The van der Waals surface area contributed by atoms with Crippen LogP contribution in [0.25, 0.3) is 0 Å². The number of amides is 1. The molecule has 1 heterocycles. The van der Waals surface area contributed by atoms with Crippen LogP contribution in [0.5, 0.6) is 0 Å². The summed E-state index contributed by atoms with van der Waals surface area (Å²) in [7, 11) is 0. The molecule has 0 atom stereocenters. The highest BCUT2D eigenvalue weighted by Crippen LogP contribution is 2.01. The van der Waals surface area contributed by atoms with E-state index in [-0.39, 0.29) is 24.2 Å². The van der Waals surface area contributed by atoms with E-state index >= 15 is 0 Å². The maximum atomic E-state index is 10.9. The van der Waals surface area contributed by atoms with Gasteiger partial charge in [0, 0.05) is 13.1 Å². The Kier molecular flexibility index (Phi) is 5.19. The van der Waals surface area contributed by atoms with E-state index in [0.717, 1.165) is 13.1 Å². The minimum absolute atomic E-state index is 0. The van der Waals surface area contributed by atoms with Crippen molar-refractivity contribution >= 4 is 18.3 Å². The van der Waals surface area contributed by atoms with E-state index in [0.29, 0.717) is 6.61 Å². The smallest absolute Gasteiger partial charge is 0.249 e. The molecule has 0 unspecified atom stereocenters. The van der Waals surface area contributed by atoms with Crippen LogP contribution in [0, 0.1) is 5.92 Å². The molecule has 1 aliphatic heterocycles. The lowest BCUT2D eigenvalue weighted by Crippen LogP contribution is -2.50. The van der Waals surface area contributed by atoms with E-state index in [1.54, 1.807) is 0 Å². The van der Waals surface area contributed by atoms with Crippen LogP contribution in [0.3, 0.4) is 0 Å². The second-order valence-corrected chi connectivity index (χ2v) is 2.25. The zero-order chi connectivity index (χ0) is 7.40. The Labute approximate surface area is 72.0 Å². The van der Waals surface area contributed by atoms with E-state index in [4.69, 9.17) is 4.84 Å². The Morgan fingerprint density at radius 1 is 1.73 bits per heavy atom. The summed E-state index contributed by atoms with van der Waals surface area (Å²) in [6.07, 6.45) is 0. The number of hydrogen-bond acceptors (Lipinski definition) is 3. The van der Waals surface area contributed by atoms with Crippen LogP contribution in [0.15, 0.2) is 0 Å². The number of hydroxylamine groups is 1. The van der Waals surface area contributed by atoms with Crippen molar-refractivity contribution in [3.05, 3.63) is 0 Å². The molecule has 1 aliphatic rings. The third-order valence-corrected chi connectivity index (χ3v) is 1.47. The molecule has 1 amide bonds. The molecule has 11 heavy (non-hydrogen) atoms. The average molecular weight is 181 g/mol. The Bertz CT molecular complexity index is 128. The van der Waals surface area contributed by atoms with Crippen molar-refractivity contribution in [1.82, 2.24) is 10.8 Å². The molecule has 66 valence electrons. The van der Waals surface area contributed by atoms with Crippen LogP contribution in [-0.2, 0) is 9.63 Å². The molecule has 0 aromatic carbocycles. The van der Waals surface area contributed by atoms with Crippen LogP contribution >= 0.6 is 12.4 Å². The fraction of sp³-hybridized carbons (Fsp3) is 0.833. The van der Waals surface area contributed by atoms with Gasteiger partial charge in [-0.1, -0.05) is 0 Å². The number of carbonyl (C=O) groups excluding carboxylic acids is 1. The molecule has 0 aromatic heterocycles. The largest absolute Gasteiger partial charge is 0.315 e. The van der Waals surface area contributed by atoms with Crippen LogP contribution in [0.2, 0.25) is 0 Å². The maximum Gasteiger partial charge on any atom is 0.249 e. The summed E-state index contributed by atoms with van der Waals surface area (Å²) in [6.45, 7) is 3.91. The third kappa shape index (κ3) is 3.05. The lowest BCUT2D eigenvalue weighted by atomic mass is 10.0. The Hall–Kier alpha value is -0.320. The summed E-state index contributed by atoms with van der Waals surface area (Å²) < 4.78 is 0. The van der Waals surface area contributed by atoms with E-state index in [9.17, 15) is 4.79 Å². The SMILES string of the molecule is CCONC(=O)C1CNC1.Cl. The van der Waals surface area contributed by atoms with Crippen molar-refractivity contribution in [3.8, 4) is 0 Å². The van der Waals surface area contributed by atoms with Crippen molar-refractivity contribution in [2.24, 2.45) is 5.92 Å². The first-order valence-corrected chi connectivity index (χ1v) is 3.47. The van der Waals surface area contributed by atoms with Crippen molar-refractivity contribution < 1.29 is 9.63 Å². The van der Waals surface area contributed by atoms with Crippen LogP contribution in [0.4, 0.5) is 0 Å². The van der Waals surface area contributed by atoms with Crippen LogP contribution < -0.4 is 10.8 Å². The van der Waals surface area contributed by atoms with Gasteiger partial charge >= 0.3 is 0 Å². The normalized spacial score (nSPS) is 16.5. The molecule has 1 fully saturated rings. The van der Waals surface area contributed by atoms with Gasteiger partial charge in [-0.05, 0) is 6.92 Å². The Morgan fingerprint density at radius 2 is 2.36 bits per heavy atom. The Balaban J connectivity index is 0.000001000. The van der Waals surface area contributed by atoms with Gasteiger partial charge in [0.2, 0.25) is 5.91 Å². The highest BCUT2D eigenvalue weighted by molar-refractivity contribution is 5.85. The predicted molar refractivity (Wildman–Crippen MR) is 43.4 cm³/mol. The first-order chi connectivity index (χ1) is 4.84. The summed E-state index contributed by atoms with van der Waals surface area (Å²) in [4.78, 5) is 15.6. The van der Waals surface area contributed by atoms with E-state index in [1.165, 1.54) is 0 Å². The third-order valence-electron chi connectivity index (χ3n) is 1.47. The predicted octanol–water partition coefficient (Wildman–Crippen LogP) is -0.305. The molecule has 0 aliphatic carbocycles. The molecule has 0 radical (unpaired) electrons. The summed E-state index contributed by atoms with van der Waals surface area (Å²) in [5.41, 5.74) is 2.36. The van der Waals surface area contributed by atoms with Crippen molar-refractivity contribution in [2.45, 2.75) is 6.92 Å². The number of carbonyl (C=O) groups is 1. The molecule has 0 saturated carbocycles. The standard InChI is InChI=1S/C6H12N2O2.ClH/c1-2-10-8-6(9)5-3-7-4-5;/h5,7H,2-4H2,1H3,(H,8,9);1H. The molecule has 0 bridgehead atoms. The zero-order valence-electron chi connectivity index (χ0n) is 6.42. The average Bonchev–Trinajstić information content (AvgIpc) is 1.79. The van der Waals surface area contributed by atoms with E-state index in [1.807, 2.05) is 6.92 Å². The molecule has 1 saturated heterocycles. The molecule has 1 rings (SSSR count). The quantitative estimate of drug-likeness (QED) is 0.587. The summed E-state index contributed by atoms with van der Waals surface area (Å²) in [5.74, 6) is 0.104. The second-order valence-electron chi connectivity index (χ2n) is 2.25. The second kappa shape index (κ2) is 5.35. The molecule has 2 N–H and O–H groups in total. The van der Waals surface area contributed by atoms with Gasteiger partial charge in [0.15, 0.2) is 0 Å². The highest BCUT2D eigenvalue weighted by atomic mass is 35.5. The minimum atomic E-state index is -0.0133. The number of rotatable bonds is 3. The van der Waals surface area contributed by atoms with Gasteiger partial charge in [-0.15, -0.1) is 12.4 Å². The van der Waals surface area contributed by atoms with Crippen molar-refractivity contribution in [3.63, 3.8) is 0 Å². The molecular formula is C6H13ClN2O2. The van der Waals surface area contributed by atoms with E-state index < -0.39 is 0 Å². The molecule has 0 spiro atoms. The van der Waals surface area contributed by atoms with Gasteiger partial charge in [0.25, 0.3) is 0 Å². The minimum Gasteiger partial charge on any atom is -0.315 e. The molecule has 4 nitrogen and oxygen atoms in total. The number of hydrogen-bond donors (Lipinski definition) is 2. The number of nitrogens with one attached hydrogen (secondary N) is 2. The fourth-order valence-electron chi connectivity index (χ4n) is 0.701. The fourth-order valence-corrected chi connectivity index (χ4v) is 0.701. The first kappa shape index (κ1) is 10.7. The lowest BCUT2D eigenvalue weighted by molar-refractivity contribution is -0.138. The topological polar surface area (TPSA) is 50.4 Å². The first-order valence-electron chi connectivity index (χ1n) is 3.47. The van der Waals surface area contributed by atoms with Gasteiger partial charge in [-0.2, -0.15) is 0 Å². The summed E-state index contributed by atoms with van der Waals surface area (Å²) in [6, 6.07) is 0. The Morgan fingerprint density at radius 3 is 2.73 bits per heavy atom. The summed E-state index contributed by atoms with van der Waals surface area (Å²) in [5, 5.41) is 3.00. The van der Waals surface area contributed by atoms with Crippen LogP contribution in [0.1, 0.15) is 6.92 Å². The maximum absolute atomic E-state index is 10.9. The van der Waals surface area contributed by atoms with E-state index in [2.05, 4.69) is 10.8 Å². The van der Waals surface area contributed by atoms with Gasteiger partial charge in [0.1, 0.15) is 0 Å².